The lowest BCUT2D eigenvalue weighted by Crippen LogP contribution is -2.44. The molecule has 0 saturated heterocycles. The highest BCUT2D eigenvalue weighted by molar-refractivity contribution is 8.10. The van der Waals surface area contributed by atoms with E-state index < -0.39 is 56.3 Å². The molecule has 0 fully saturated rings. The second-order valence-electron chi connectivity index (χ2n) is 12.1. The largest absolute Gasteiger partial charge is 0.534 e. The van der Waals surface area contributed by atoms with E-state index >= 15 is 0 Å². The zero-order valence-corrected chi connectivity index (χ0v) is 34.4. The van der Waals surface area contributed by atoms with Gasteiger partial charge in [-0.15, -0.1) is 0 Å². The van der Waals surface area contributed by atoms with E-state index in [0.717, 1.165) is 41.0 Å². The predicted molar refractivity (Wildman–Crippen MR) is 216 cm³/mol. The first-order valence-corrected chi connectivity index (χ1v) is 21.9. The third-order valence-corrected chi connectivity index (χ3v) is 12.9. The van der Waals surface area contributed by atoms with Crippen LogP contribution in [0, 0.1) is 0 Å². The number of hydrogen-bond donors (Lipinski definition) is 1. The zero-order chi connectivity index (χ0) is 45.0. The van der Waals surface area contributed by atoms with Crippen LogP contribution >= 0.6 is 23.2 Å². The van der Waals surface area contributed by atoms with E-state index in [4.69, 9.17) is 23.2 Å². The normalized spacial score (nSPS) is 12.1. The minimum Gasteiger partial charge on any atom is -0.506 e. The maximum Gasteiger partial charge on any atom is 0.534 e. The summed E-state index contributed by atoms with van der Waals surface area (Å²) in [5.41, 5.74) is -8.82. The van der Waals surface area contributed by atoms with Crippen molar-refractivity contribution in [2.45, 2.75) is 11.0 Å². The van der Waals surface area contributed by atoms with E-state index in [9.17, 15) is 56.7 Å². The molecule has 7 aromatic rings. The Balaban J connectivity index is 0.000000177. The third kappa shape index (κ3) is 10.7. The number of alkyl halides is 6. The quantitative estimate of drug-likeness (QED) is 0.0909. The van der Waals surface area contributed by atoms with Crippen molar-refractivity contribution in [2.75, 3.05) is 9.97 Å². The standard InChI is InChI=1S/C15H8ClF3N2O3S.C14H9ClN2O.C8H8F3NO4S2/c16-12-4-2-1-3-11(12)9-5-10-7-20-8-21-14(10)13(6-9)24-25(22,23)15(17,18)19;15-12-4-2-1-3-11(12)9-5-10-7-16-8-17-14(10)13(18)6-9;1-17(13,14)12(7-5-3-2-4-6-7)18(15,16)8(9,10)11/h1-8H;1-8,18H;2-6H,1H3. The number of hydrogen-bond acceptors (Lipinski definition) is 12. The molecule has 0 amide bonds. The summed E-state index contributed by atoms with van der Waals surface area (Å²) in [6.45, 7) is 0. The molecule has 13 nitrogen and oxygen atoms in total. The molecule has 0 aliphatic rings. The molecule has 61 heavy (non-hydrogen) atoms. The van der Waals surface area contributed by atoms with Crippen LogP contribution in [-0.2, 0) is 30.2 Å². The van der Waals surface area contributed by atoms with E-state index in [1.54, 1.807) is 42.6 Å². The van der Waals surface area contributed by atoms with Crippen LogP contribution in [0.3, 0.4) is 0 Å². The van der Waals surface area contributed by atoms with Crippen molar-refractivity contribution in [2.24, 2.45) is 0 Å². The minimum absolute atomic E-state index is 0.0707. The number of para-hydroxylation sites is 1. The number of phenols is 1. The fraction of sp³-hybridized carbons (Fsp3) is 0.0811. The maximum atomic E-state index is 12.6. The summed E-state index contributed by atoms with van der Waals surface area (Å²) in [5, 5.41) is 12.0. The third-order valence-electron chi connectivity index (χ3n) is 7.79. The number of rotatable bonds is 7. The highest BCUT2D eigenvalue weighted by Crippen LogP contribution is 2.38. The van der Waals surface area contributed by atoms with E-state index in [0.29, 0.717) is 38.3 Å². The summed E-state index contributed by atoms with van der Waals surface area (Å²) in [7, 11) is -16.5. The lowest BCUT2D eigenvalue weighted by Gasteiger charge is -2.22. The molecule has 5 aromatic carbocycles. The van der Waals surface area contributed by atoms with Crippen molar-refractivity contribution in [3.05, 3.63) is 138 Å². The fourth-order valence-electron chi connectivity index (χ4n) is 5.24. The summed E-state index contributed by atoms with van der Waals surface area (Å²) >= 11 is 12.2. The van der Waals surface area contributed by atoms with Crippen molar-refractivity contribution in [1.82, 2.24) is 19.9 Å². The molecule has 1 N–H and O–H groups in total. The van der Waals surface area contributed by atoms with E-state index in [1.165, 1.54) is 30.7 Å². The Hall–Kier alpha value is -5.81. The van der Waals surface area contributed by atoms with E-state index in [2.05, 4.69) is 24.1 Å². The average molecular weight is 949 g/mol. The molecule has 0 atom stereocenters. The first-order chi connectivity index (χ1) is 28.4. The first kappa shape index (κ1) is 46.3. The van der Waals surface area contributed by atoms with Crippen LogP contribution < -0.4 is 7.89 Å². The van der Waals surface area contributed by atoms with Gasteiger partial charge in [0.15, 0.2) is 5.75 Å². The van der Waals surface area contributed by atoms with Crippen molar-refractivity contribution >= 4 is 80.9 Å². The second-order valence-corrected chi connectivity index (χ2v) is 18.3. The van der Waals surface area contributed by atoms with Gasteiger partial charge < -0.3 is 9.29 Å². The zero-order valence-electron chi connectivity index (χ0n) is 30.4. The lowest BCUT2D eigenvalue weighted by molar-refractivity contribution is -0.0500. The van der Waals surface area contributed by atoms with Gasteiger partial charge in [-0.05, 0) is 59.7 Å². The highest BCUT2D eigenvalue weighted by Gasteiger charge is 2.53. The summed E-state index contributed by atoms with van der Waals surface area (Å²) < 4.78 is 147. The van der Waals surface area contributed by atoms with Crippen LogP contribution in [0.5, 0.6) is 11.5 Å². The molecular formula is C37H25Cl2F6N5O8S3. The van der Waals surface area contributed by atoms with Gasteiger partial charge in [0.2, 0.25) is 10.0 Å². The summed E-state index contributed by atoms with van der Waals surface area (Å²) in [5.74, 6) is -0.433. The summed E-state index contributed by atoms with van der Waals surface area (Å²) in [6, 6.07) is 26.1. The Morgan fingerprint density at radius 2 is 1.08 bits per heavy atom. The minimum atomic E-state index is -6.00. The van der Waals surface area contributed by atoms with E-state index in [1.807, 2.05) is 30.3 Å². The van der Waals surface area contributed by atoms with Crippen molar-refractivity contribution < 1.29 is 60.9 Å². The molecule has 24 heteroatoms. The molecule has 2 heterocycles. The van der Waals surface area contributed by atoms with Gasteiger partial charge in [0.25, 0.3) is 0 Å². The number of fused-ring (bicyclic) bond motifs is 2. The van der Waals surface area contributed by atoms with Gasteiger partial charge in [-0.2, -0.15) is 46.9 Å². The second kappa shape index (κ2) is 18.0. The van der Waals surface area contributed by atoms with Crippen LogP contribution in [0.4, 0.5) is 32.0 Å². The Kier molecular flexibility index (Phi) is 13.7. The molecule has 0 bridgehead atoms. The van der Waals surface area contributed by atoms with Crippen LogP contribution in [0.25, 0.3) is 44.1 Å². The Labute approximate surface area is 353 Å². The van der Waals surface area contributed by atoms with E-state index in [-0.39, 0.29) is 11.3 Å². The molecule has 0 aliphatic carbocycles. The molecule has 0 aliphatic heterocycles. The molecule has 320 valence electrons. The molecule has 0 radical (unpaired) electrons. The van der Waals surface area contributed by atoms with Gasteiger partial charge in [-0.25, -0.2) is 28.4 Å². The first-order valence-electron chi connectivity index (χ1n) is 16.5. The number of aromatic hydroxyl groups is 1. The number of anilines is 1. The summed E-state index contributed by atoms with van der Waals surface area (Å²) in [6.07, 6.45) is 5.86. The maximum absolute atomic E-state index is 12.6. The molecular weight excluding hydrogens is 924 g/mol. The number of nitrogens with zero attached hydrogens (tertiary/aromatic N) is 5. The SMILES string of the molecule is CS(=O)(=O)N(c1ccccc1)S(=O)(=O)C(F)(F)F.O=S(=O)(Oc1cc(-c2ccccc2Cl)cc2cncnc12)C(F)(F)F.Oc1cc(-c2ccccc2Cl)cc2cncnc12. The van der Waals surface area contributed by atoms with Crippen LogP contribution in [0.15, 0.2) is 128 Å². The Bertz CT molecular complexity index is 3060. The Morgan fingerprint density at radius 1 is 0.623 bits per heavy atom. The Morgan fingerprint density at radius 3 is 1.56 bits per heavy atom. The number of benzene rings is 5. The lowest BCUT2D eigenvalue weighted by atomic mass is 10.0. The van der Waals surface area contributed by atoms with Crippen LogP contribution in [-0.4, -0.2) is 67.6 Å². The van der Waals surface area contributed by atoms with Gasteiger partial charge >= 0.3 is 31.2 Å². The number of phenolic OH excluding ortho intramolecular Hbond substituents is 1. The predicted octanol–water partition coefficient (Wildman–Crippen LogP) is 9.14. The number of aromatic nitrogens is 4. The molecule has 2 aromatic heterocycles. The molecule has 7 rings (SSSR count). The average Bonchev–Trinajstić information content (AvgIpc) is 3.17. The number of halogens is 8. The molecule has 0 unspecified atom stereocenters. The van der Waals surface area contributed by atoms with Crippen LogP contribution in [0.1, 0.15) is 0 Å². The van der Waals surface area contributed by atoms with Crippen molar-refractivity contribution in [3.8, 4) is 33.8 Å². The van der Waals surface area contributed by atoms with Gasteiger partial charge in [-0.3, -0.25) is 0 Å². The van der Waals surface area contributed by atoms with Gasteiger partial charge in [0.05, 0.1) is 11.9 Å². The van der Waals surface area contributed by atoms with Gasteiger partial charge in [0.1, 0.15) is 29.4 Å². The van der Waals surface area contributed by atoms with Crippen molar-refractivity contribution in [1.29, 1.82) is 0 Å². The summed E-state index contributed by atoms with van der Waals surface area (Å²) in [4.78, 5) is 15.6. The molecule has 0 spiro atoms. The van der Waals surface area contributed by atoms with Gasteiger partial charge in [0, 0.05) is 44.3 Å². The number of sulfonamides is 2. The topological polar surface area (TPSA) is 187 Å². The van der Waals surface area contributed by atoms with Gasteiger partial charge in [-0.1, -0.05) is 77.8 Å². The fourth-order valence-corrected chi connectivity index (χ4v) is 8.96. The highest BCUT2D eigenvalue weighted by atomic mass is 35.5. The smallest absolute Gasteiger partial charge is 0.506 e. The molecule has 0 saturated carbocycles. The van der Waals surface area contributed by atoms with Crippen molar-refractivity contribution in [3.63, 3.8) is 0 Å². The monoisotopic (exact) mass is 947 g/mol. The van der Waals surface area contributed by atoms with Crippen LogP contribution in [0.2, 0.25) is 10.0 Å².